The number of aromatic nitrogens is 4. The monoisotopic (exact) mass is 802 g/mol. The van der Waals surface area contributed by atoms with Crippen LogP contribution in [0.15, 0.2) is 213 Å². The minimum atomic E-state index is 0.702. The Bertz CT molecular complexity index is 3930. The summed E-state index contributed by atoms with van der Waals surface area (Å²) in [5.41, 5.74) is 13.6. The molecule has 3 aromatic heterocycles. The molecule has 4 nitrogen and oxygen atoms in total. The molecule has 0 bridgehead atoms. The number of rotatable bonds is 5. The van der Waals surface area contributed by atoms with E-state index < -0.39 is 0 Å². The van der Waals surface area contributed by atoms with Gasteiger partial charge in [-0.3, -0.25) is 0 Å². The zero-order chi connectivity index (χ0) is 41.6. The minimum Gasteiger partial charge on any atom is -0.309 e. The van der Waals surface area contributed by atoms with Crippen LogP contribution >= 0.6 is 0 Å². The van der Waals surface area contributed by atoms with Crippen LogP contribution in [0.2, 0.25) is 0 Å². The molecule has 63 heavy (non-hydrogen) atoms. The maximum Gasteiger partial charge on any atom is 0.159 e. The molecule has 294 valence electrons. The average Bonchev–Trinajstić information content (AvgIpc) is 3.86. The number of benzene rings is 10. The molecular weight excluding hydrogens is 765 g/mol. The number of fused-ring (bicyclic) bond motifs is 12. The molecule has 0 aliphatic carbocycles. The Kier molecular flexibility index (Phi) is 7.79. The van der Waals surface area contributed by atoms with Crippen molar-refractivity contribution in [1.82, 2.24) is 19.1 Å². The van der Waals surface area contributed by atoms with E-state index in [4.69, 9.17) is 9.97 Å². The van der Waals surface area contributed by atoms with Gasteiger partial charge in [-0.15, -0.1) is 0 Å². The van der Waals surface area contributed by atoms with Crippen LogP contribution in [-0.4, -0.2) is 19.1 Å². The quantitative estimate of drug-likeness (QED) is 0.163. The average molecular weight is 803 g/mol. The van der Waals surface area contributed by atoms with E-state index in [0.29, 0.717) is 5.82 Å². The fraction of sp³-hybridized carbons (Fsp3) is 0.0169. The van der Waals surface area contributed by atoms with Gasteiger partial charge >= 0.3 is 0 Å². The Labute approximate surface area is 363 Å². The number of para-hydroxylation sites is 3. The summed E-state index contributed by atoms with van der Waals surface area (Å²) in [7, 11) is 0. The molecule has 0 N–H and O–H groups in total. The van der Waals surface area contributed by atoms with E-state index in [1.807, 2.05) is 12.4 Å². The van der Waals surface area contributed by atoms with Crippen molar-refractivity contribution in [3.63, 3.8) is 0 Å². The summed E-state index contributed by atoms with van der Waals surface area (Å²) < 4.78 is 4.76. The number of aryl methyl sites for hydroxylation is 1. The van der Waals surface area contributed by atoms with Crippen molar-refractivity contribution in [3.05, 3.63) is 218 Å². The molecule has 3 heterocycles. The Morgan fingerprint density at radius 3 is 1.30 bits per heavy atom. The van der Waals surface area contributed by atoms with E-state index in [2.05, 4.69) is 216 Å². The van der Waals surface area contributed by atoms with E-state index >= 15 is 0 Å². The summed E-state index contributed by atoms with van der Waals surface area (Å²) in [5.74, 6) is 0.702. The Balaban J connectivity index is 0.887. The van der Waals surface area contributed by atoms with Gasteiger partial charge in [-0.05, 0) is 134 Å². The first-order valence-corrected chi connectivity index (χ1v) is 21.5. The third-order valence-electron chi connectivity index (χ3n) is 13.0. The lowest BCUT2D eigenvalue weighted by molar-refractivity contribution is 1.15. The van der Waals surface area contributed by atoms with Crippen molar-refractivity contribution in [2.24, 2.45) is 0 Å². The van der Waals surface area contributed by atoms with E-state index in [0.717, 1.165) is 44.7 Å². The van der Waals surface area contributed by atoms with Gasteiger partial charge in [0.2, 0.25) is 0 Å². The number of nitrogens with zero attached hydrogens (tertiary/aromatic N) is 4. The molecule has 0 amide bonds. The summed E-state index contributed by atoms with van der Waals surface area (Å²) in [6, 6.07) is 72.7. The summed E-state index contributed by atoms with van der Waals surface area (Å²) >= 11 is 0. The molecule has 0 aliphatic heterocycles. The molecule has 13 aromatic rings. The largest absolute Gasteiger partial charge is 0.309 e. The van der Waals surface area contributed by atoms with Gasteiger partial charge in [-0.2, -0.15) is 0 Å². The highest BCUT2D eigenvalue weighted by Gasteiger charge is 2.18. The summed E-state index contributed by atoms with van der Waals surface area (Å²) in [4.78, 5) is 9.98. The Morgan fingerprint density at radius 1 is 0.286 bits per heavy atom. The maximum atomic E-state index is 4.99. The maximum absolute atomic E-state index is 4.99. The first kappa shape index (κ1) is 35.4. The summed E-state index contributed by atoms with van der Waals surface area (Å²) in [6.45, 7) is 2.15. The van der Waals surface area contributed by atoms with Crippen molar-refractivity contribution in [3.8, 4) is 45.0 Å². The minimum absolute atomic E-state index is 0.702. The van der Waals surface area contributed by atoms with Crippen LogP contribution in [0.25, 0.3) is 121 Å². The smallest absolute Gasteiger partial charge is 0.159 e. The Morgan fingerprint density at radius 2 is 0.714 bits per heavy atom. The second-order valence-electron chi connectivity index (χ2n) is 16.7. The van der Waals surface area contributed by atoms with Gasteiger partial charge in [0.05, 0.1) is 22.1 Å². The van der Waals surface area contributed by atoms with Gasteiger partial charge in [0.25, 0.3) is 0 Å². The van der Waals surface area contributed by atoms with Gasteiger partial charge in [0.15, 0.2) is 5.82 Å². The van der Waals surface area contributed by atoms with Gasteiger partial charge in [-0.1, -0.05) is 127 Å². The predicted octanol–water partition coefficient (Wildman–Crippen LogP) is 15.4. The summed E-state index contributed by atoms with van der Waals surface area (Å²) in [5, 5.41) is 12.5. The van der Waals surface area contributed by atoms with Gasteiger partial charge < -0.3 is 9.13 Å². The molecule has 0 radical (unpaired) electrons. The number of hydrogen-bond acceptors (Lipinski definition) is 2. The molecule has 0 fully saturated rings. The second-order valence-corrected chi connectivity index (χ2v) is 16.7. The zero-order valence-electron chi connectivity index (χ0n) is 34.5. The summed E-state index contributed by atoms with van der Waals surface area (Å²) in [6.07, 6.45) is 3.93. The fourth-order valence-corrected chi connectivity index (χ4v) is 10.2. The first-order chi connectivity index (χ1) is 31.1. The molecule has 10 aromatic carbocycles. The molecule has 0 aliphatic rings. The lowest BCUT2D eigenvalue weighted by atomic mass is 9.92. The highest BCUT2D eigenvalue weighted by Crippen LogP contribution is 2.40. The number of hydrogen-bond donors (Lipinski definition) is 0. The van der Waals surface area contributed by atoms with E-state index in [1.54, 1.807) is 0 Å². The van der Waals surface area contributed by atoms with Crippen LogP contribution < -0.4 is 0 Å². The molecular formula is C59H38N4. The topological polar surface area (TPSA) is 35.6 Å². The molecule has 0 saturated carbocycles. The first-order valence-electron chi connectivity index (χ1n) is 21.5. The van der Waals surface area contributed by atoms with Crippen LogP contribution in [0, 0.1) is 6.92 Å². The third-order valence-corrected chi connectivity index (χ3v) is 13.0. The molecule has 0 spiro atoms. The highest BCUT2D eigenvalue weighted by atomic mass is 15.0. The van der Waals surface area contributed by atoms with Gasteiger partial charge in [-0.25, -0.2) is 9.97 Å². The molecule has 13 rings (SSSR count). The van der Waals surface area contributed by atoms with E-state index in [-0.39, 0.29) is 0 Å². The molecule has 0 unspecified atom stereocenters. The van der Waals surface area contributed by atoms with Crippen molar-refractivity contribution >= 4 is 75.9 Å². The second kappa shape index (κ2) is 13.8. The predicted molar refractivity (Wildman–Crippen MR) is 264 cm³/mol. The lowest BCUT2D eigenvalue weighted by Gasteiger charge is -2.13. The standard InChI is InChI=1S/C59H38N4/c1-37-29-41(59-60-35-42(36-61-59)40-23-26-49-47-17-6-5-15-45(47)46-16-7-8-18-48(46)52(49)32-40)31-44(30-37)63-56-22-12-10-20-51(56)54-34-39(25-28-58(54)63)38-24-27-57-53(33-38)50-19-9-11-21-55(50)62(57)43-13-3-2-4-14-43/h2-36H,1H3. The zero-order valence-corrected chi connectivity index (χ0v) is 34.5. The lowest BCUT2D eigenvalue weighted by Crippen LogP contribution is -1.97. The SMILES string of the molecule is Cc1cc(-c2ncc(-c3ccc4c5ccccc5c5ccccc5c4c3)cn2)cc(-n2c3ccccc3c3cc(-c4ccc5c(c4)c4ccccc4n5-c4ccccc4)ccc32)c1. The fourth-order valence-electron chi connectivity index (χ4n) is 10.2. The Hall–Kier alpha value is -8.34. The van der Waals surface area contributed by atoms with Crippen molar-refractivity contribution in [2.45, 2.75) is 6.92 Å². The van der Waals surface area contributed by atoms with Crippen LogP contribution in [0.4, 0.5) is 0 Å². The normalized spacial score (nSPS) is 11.9. The van der Waals surface area contributed by atoms with Crippen molar-refractivity contribution < 1.29 is 0 Å². The van der Waals surface area contributed by atoms with Gasteiger partial charge in [0, 0.05) is 56.4 Å². The molecule has 0 atom stereocenters. The van der Waals surface area contributed by atoms with E-state index in [9.17, 15) is 0 Å². The van der Waals surface area contributed by atoms with Crippen LogP contribution in [-0.2, 0) is 0 Å². The van der Waals surface area contributed by atoms with E-state index in [1.165, 1.54) is 76.0 Å². The van der Waals surface area contributed by atoms with Crippen molar-refractivity contribution in [1.29, 1.82) is 0 Å². The highest BCUT2D eigenvalue weighted by molar-refractivity contribution is 6.25. The molecule has 4 heteroatoms. The van der Waals surface area contributed by atoms with Crippen LogP contribution in [0.3, 0.4) is 0 Å². The molecule has 0 saturated heterocycles. The van der Waals surface area contributed by atoms with Crippen molar-refractivity contribution in [2.75, 3.05) is 0 Å². The van der Waals surface area contributed by atoms with Gasteiger partial charge in [0.1, 0.15) is 0 Å². The van der Waals surface area contributed by atoms with Crippen LogP contribution in [0.5, 0.6) is 0 Å². The van der Waals surface area contributed by atoms with Crippen LogP contribution in [0.1, 0.15) is 5.56 Å². The third kappa shape index (κ3) is 5.55.